The molecule has 1 atom stereocenters. The number of hydrogen-bond acceptors (Lipinski definition) is 3. The molecule has 0 aromatic heterocycles. The van der Waals surface area contributed by atoms with Crippen molar-refractivity contribution in [1.29, 1.82) is 0 Å². The predicted molar refractivity (Wildman–Crippen MR) is 217 cm³/mol. The minimum absolute atomic E-state index is 0.0352. The molecule has 4 nitrogen and oxygen atoms in total. The van der Waals surface area contributed by atoms with Gasteiger partial charge in [0.05, 0.1) is 0 Å². The highest BCUT2D eigenvalue weighted by molar-refractivity contribution is 5.69. The molecule has 4 heteroatoms. The van der Waals surface area contributed by atoms with Crippen LogP contribution in [0.1, 0.15) is 174 Å². The van der Waals surface area contributed by atoms with Gasteiger partial charge in [-0.25, -0.2) is 0 Å². The van der Waals surface area contributed by atoms with Gasteiger partial charge in [0, 0.05) is 12.8 Å². The molecule has 0 spiro atoms. The van der Waals surface area contributed by atoms with E-state index in [-0.39, 0.29) is 18.5 Å². The van der Waals surface area contributed by atoms with Crippen LogP contribution < -0.4 is 0 Å². The van der Waals surface area contributed by atoms with Gasteiger partial charge in [-0.15, -0.1) is 0 Å². The van der Waals surface area contributed by atoms with Crippen molar-refractivity contribution in [2.75, 3.05) is 0 Å². The smallest absolute Gasteiger partial charge is 0.306 e. The Morgan fingerprint density at radius 2 is 0.820 bits per heavy atom. The van der Waals surface area contributed by atoms with Gasteiger partial charge < -0.3 is 9.84 Å². The Kier molecular flexibility index (Phi) is 37.8. The molecule has 50 heavy (non-hydrogen) atoms. The monoisotopic (exact) mass is 691 g/mol. The standard InChI is InChI=1S/C46H74O4/c1-3-5-7-9-11-13-15-17-18-19-20-21-22-24-26-28-30-35-39-43-46(49)50-44(41-37-33-31-34-38-42-45(47)48)40-36-32-29-27-25-23-16-14-12-10-8-6-4-2/h5-8,11-14,17-18,20-21,23,25,29,32,44H,3-4,9-10,15-16,19,22,24,26-28,30-31,33-43H2,1-2H3,(H,47,48)/b7-5-,8-6-,13-11-,14-12-,18-17-,21-20-,25-23-,32-29-. The highest BCUT2D eigenvalue weighted by Gasteiger charge is 2.13. The van der Waals surface area contributed by atoms with Crippen molar-refractivity contribution >= 4 is 11.9 Å². The quantitative estimate of drug-likeness (QED) is 0.0408. The largest absolute Gasteiger partial charge is 0.481 e. The first-order valence-corrected chi connectivity index (χ1v) is 20.2. The molecule has 0 fully saturated rings. The van der Waals surface area contributed by atoms with Gasteiger partial charge in [-0.1, -0.05) is 156 Å². The summed E-state index contributed by atoms with van der Waals surface area (Å²) in [5, 5.41) is 8.82. The number of aliphatic carboxylic acids is 1. The Labute approximate surface area is 308 Å². The van der Waals surface area contributed by atoms with Crippen LogP contribution >= 0.6 is 0 Å². The summed E-state index contributed by atoms with van der Waals surface area (Å²) in [6.45, 7) is 4.31. The zero-order valence-corrected chi connectivity index (χ0v) is 32.2. The molecule has 1 unspecified atom stereocenters. The number of allylic oxidation sites excluding steroid dienone is 16. The van der Waals surface area contributed by atoms with Crippen molar-refractivity contribution in [1.82, 2.24) is 0 Å². The number of ether oxygens (including phenoxy) is 1. The van der Waals surface area contributed by atoms with E-state index in [0.717, 1.165) is 122 Å². The number of carboxylic acids is 1. The minimum atomic E-state index is -0.717. The summed E-state index contributed by atoms with van der Waals surface area (Å²) in [5.74, 6) is -0.772. The molecule has 0 saturated heterocycles. The van der Waals surface area contributed by atoms with E-state index in [1.165, 1.54) is 25.7 Å². The average molecular weight is 691 g/mol. The second-order valence-electron chi connectivity index (χ2n) is 13.1. The maximum Gasteiger partial charge on any atom is 0.306 e. The van der Waals surface area contributed by atoms with Gasteiger partial charge in [0.1, 0.15) is 6.10 Å². The number of hydrogen-bond donors (Lipinski definition) is 1. The molecular formula is C46H74O4. The SMILES string of the molecule is CC/C=C\C/C=C\C/C=C\C/C=C\CCCCCCCCC(=O)OC(CC/C=C\C/C=C\C/C=C\C/C=C\CC)CCCCCCCC(=O)O. The van der Waals surface area contributed by atoms with Crippen molar-refractivity contribution < 1.29 is 19.4 Å². The third-order valence-corrected chi connectivity index (χ3v) is 8.31. The van der Waals surface area contributed by atoms with Crippen LogP contribution in [-0.2, 0) is 14.3 Å². The Hall–Kier alpha value is -3.14. The van der Waals surface area contributed by atoms with Gasteiger partial charge in [0.2, 0.25) is 0 Å². The molecule has 0 aliphatic heterocycles. The molecule has 0 aliphatic rings. The van der Waals surface area contributed by atoms with Gasteiger partial charge in [0.15, 0.2) is 0 Å². The number of unbranched alkanes of at least 4 members (excludes halogenated alkanes) is 10. The zero-order chi connectivity index (χ0) is 36.4. The number of carbonyl (C=O) groups excluding carboxylic acids is 1. The van der Waals surface area contributed by atoms with Gasteiger partial charge in [-0.2, -0.15) is 0 Å². The number of esters is 1. The average Bonchev–Trinajstić information content (AvgIpc) is 3.10. The van der Waals surface area contributed by atoms with Crippen LogP contribution in [0.4, 0.5) is 0 Å². The third-order valence-electron chi connectivity index (χ3n) is 8.31. The van der Waals surface area contributed by atoms with Crippen molar-refractivity contribution in [2.24, 2.45) is 0 Å². The Bertz CT molecular complexity index is 1010. The highest BCUT2D eigenvalue weighted by Crippen LogP contribution is 2.17. The van der Waals surface area contributed by atoms with Crippen molar-refractivity contribution in [2.45, 2.75) is 180 Å². The van der Waals surface area contributed by atoms with Crippen molar-refractivity contribution in [3.63, 3.8) is 0 Å². The fourth-order valence-electron chi connectivity index (χ4n) is 5.40. The molecule has 0 rings (SSSR count). The lowest BCUT2D eigenvalue weighted by molar-refractivity contribution is -0.150. The van der Waals surface area contributed by atoms with E-state index >= 15 is 0 Å². The molecule has 1 N–H and O–H groups in total. The second-order valence-corrected chi connectivity index (χ2v) is 13.1. The van der Waals surface area contributed by atoms with Gasteiger partial charge in [-0.05, 0) is 103 Å². The maximum atomic E-state index is 12.7. The van der Waals surface area contributed by atoms with Crippen LogP contribution in [0, 0.1) is 0 Å². The first kappa shape index (κ1) is 46.9. The van der Waals surface area contributed by atoms with Gasteiger partial charge in [-0.3, -0.25) is 9.59 Å². The fourth-order valence-corrected chi connectivity index (χ4v) is 5.40. The van der Waals surface area contributed by atoms with E-state index in [2.05, 4.69) is 111 Å². The topological polar surface area (TPSA) is 63.6 Å². The molecule has 0 saturated carbocycles. The number of rotatable bonds is 35. The van der Waals surface area contributed by atoms with E-state index < -0.39 is 5.97 Å². The lowest BCUT2D eigenvalue weighted by Crippen LogP contribution is -2.18. The Balaban J connectivity index is 4.18. The van der Waals surface area contributed by atoms with Crippen molar-refractivity contribution in [3.05, 3.63) is 97.2 Å². The molecule has 0 bridgehead atoms. The summed E-state index contributed by atoms with van der Waals surface area (Å²) in [4.78, 5) is 23.4. The number of carbonyl (C=O) groups is 2. The minimum Gasteiger partial charge on any atom is -0.481 e. The second kappa shape index (κ2) is 40.3. The molecule has 0 heterocycles. The van der Waals surface area contributed by atoms with Gasteiger partial charge in [0.25, 0.3) is 0 Å². The maximum absolute atomic E-state index is 12.7. The lowest BCUT2D eigenvalue weighted by atomic mass is 10.0. The molecule has 0 radical (unpaired) electrons. The van der Waals surface area contributed by atoms with E-state index in [0.29, 0.717) is 6.42 Å². The summed E-state index contributed by atoms with van der Waals surface area (Å²) < 4.78 is 5.96. The van der Waals surface area contributed by atoms with Crippen LogP contribution in [0.3, 0.4) is 0 Å². The number of carboxylic acid groups (broad SMARTS) is 1. The van der Waals surface area contributed by atoms with Crippen molar-refractivity contribution in [3.8, 4) is 0 Å². The molecule has 0 aromatic carbocycles. The zero-order valence-electron chi connectivity index (χ0n) is 32.2. The van der Waals surface area contributed by atoms with Crippen LogP contribution in [0.5, 0.6) is 0 Å². The van der Waals surface area contributed by atoms with E-state index in [1.54, 1.807) is 0 Å². The first-order chi connectivity index (χ1) is 24.6. The normalized spacial score (nSPS) is 13.3. The molecular weight excluding hydrogens is 617 g/mol. The van der Waals surface area contributed by atoms with Crippen LogP contribution in [0.2, 0.25) is 0 Å². The van der Waals surface area contributed by atoms with E-state index in [4.69, 9.17) is 9.84 Å². The van der Waals surface area contributed by atoms with E-state index in [1.807, 2.05) is 0 Å². The molecule has 0 aromatic rings. The van der Waals surface area contributed by atoms with Crippen LogP contribution in [0.15, 0.2) is 97.2 Å². The van der Waals surface area contributed by atoms with Gasteiger partial charge >= 0.3 is 11.9 Å². The van der Waals surface area contributed by atoms with E-state index in [9.17, 15) is 9.59 Å². The summed E-state index contributed by atoms with van der Waals surface area (Å²) >= 11 is 0. The Morgan fingerprint density at radius 3 is 1.30 bits per heavy atom. The lowest BCUT2D eigenvalue weighted by Gasteiger charge is -2.17. The third kappa shape index (κ3) is 39.3. The van der Waals surface area contributed by atoms with Crippen LogP contribution in [-0.4, -0.2) is 23.1 Å². The first-order valence-electron chi connectivity index (χ1n) is 20.2. The molecule has 282 valence electrons. The summed E-state index contributed by atoms with van der Waals surface area (Å²) in [5.41, 5.74) is 0. The fraction of sp³-hybridized carbons (Fsp3) is 0.609. The Morgan fingerprint density at radius 1 is 0.440 bits per heavy atom. The summed E-state index contributed by atoms with van der Waals surface area (Å²) in [6, 6.07) is 0. The predicted octanol–water partition coefficient (Wildman–Crippen LogP) is 14.2. The van der Waals surface area contributed by atoms with Crippen LogP contribution in [0.25, 0.3) is 0 Å². The summed E-state index contributed by atoms with van der Waals surface area (Å²) in [6.07, 6.45) is 59.9. The summed E-state index contributed by atoms with van der Waals surface area (Å²) in [7, 11) is 0. The molecule has 0 amide bonds. The molecule has 0 aliphatic carbocycles. The highest BCUT2D eigenvalue weighted by atomic mass is 16.5.